The molecule has 17 heteroatoms. The van der Waals surface area contributed by atoms with Crippen molar-refractivity contribution < 1.29 is 48.3 Å². The number of aryl methyl sites for hydroxylation is 1. The molecule has 3 amide bonds. The fourth-order valence-electron chi connectivity index (χ4n) is 4.26. The molecule has 4 unspecified atom stereocenters. The van der Waals surface area contributed by atoms with Crippen LogP contribution in [0.4, 0.5) is 4.79 Å². The number of carbonyl (C=O) groups excluding carboxylic acids is 3. The highest BCUT2D eigenvalue weighted by Crippen LogP contribution is 2.37. The number of phosphoric acid groups is 1. The number of hydrogen-bond donors (Lipinski definition) is 8. The molecule has 2 saturated heterocycles. The number of aliphatic carboxylic acids is 1. The highest BCUT2D eigenvalue weighted by atomic mass is 32.2. The van der Waals surface area contributed by atoms with E-state index < -0.39 is 26.4 Å². The third-order valence-electron chi connectivity index (χ3n) is 6.53. The zero-order chi connectivity index (χ0) is 30.6. The number of fused-ring (bicyclic) bond motifs is 1. The number of thioether (sulfide) groups is 1. The summed E-state index contributed by atoms with van der Waals surface area (Å²) < 4.78 is 14.7. The molecule has 4 atom stereocenters. The quantitative estimate of drug-likeness (QED) is 0.0589. The highest BCUT2D eigenvalue weighted by molar-refractivity contribution is 8.00. The van der Waals surface area contributed by atoms with Crippen molar-refractivity contribution in [2.45, 2.75) is 81.9 Å². The van der Waals surface area contributed by atoms with Gasteiger partial charge in [-0.2, -0.15) is 11.8 Å². The average molecular weight is 620 g/mol. The Morgan fingerprint density at radius 1 is 1.29 bits per heavy atom. The minimum Gasteiger partial charge on any atom is -0.505 e. The number of carbonyl (C=O) groups is 4. The summed E-state index contributed by atoms with van der Waals surface area (Å²) in [5.41, 5.74) is 5.70. The summed E-state index contributed by atoms with van der Waals surface area (Å²) in [6, 6.07) is -0.406. The number of hydrogen-bond acceptors (Lipinski definition) is 10. The van der Waals surface area contributed by atoms with Gasteiger partial charge in [-0.3, -0.25) is 23.9 Å². The zero-order valence-corrected chi connectivity index (χ0v) is 24.4. The van der Waals surface area contributed by atoms with Gasteiger partial charge in [0.05, 0.1) is 29.9 Å². The van der Waals surface area contributed by atoms with Gasteiger partial charge in [-0.05, 0) is 39.0 Å². The van der Waals surface area contributed by atoms with Gasteiger partial charge >= 0.3 is 19.8 Å². The van der Waals surface area contributed by atoms with Crippen LogP contribution in [-0.2, 0) is 25.3 Å². The van der Waals surface area contributed by atoms with Crippen LogP contribution in [0.2, 0.25) is 0 Å². The van der Waals surface area contributed by atoms with Gasteiger partial charge in [-0.15, -0.1) is 0 Å². The number of aldehydes is 1. The molecule has 230 valence electrons. The van der Waals surface area contributed by atoms with Crippen molar-refractivity contribution in [1.82, 2.24) is 20.9 Å². The second kappa shape index (κ2) is 16.6. The summed E-state index contributed by atoms with van der Waals surface area (Å²) in [6.45, 7) is 1.56. The predicted octanol–water partition coefficient (Wildman–Crippen LogP) is 0.928. The van der Waals surface area contributed by atoms with Gasteiger partial charge in [0, 0.05) is 35.7 Å². The Morgan fingerprint density at radius 2 is 2.02 bits per heavy atom. The molecule has 0 spiro atoms. The smallest absolute Gasteiger partial charge is 0.469 e. The van der Waals surface area contributed by atoms with Crippen molar-refractivity contribution in [3.05, 3.63) is 23.0 Å². The van der Waals surface area contributed by atoms with E-state index >= 15 is 0 Å². The number of nitrogens with one attached hydrogen (secondary N) is 3. The van der Waals surface area contributed by atoms with Gasteiger partial charge in [0.25, 0.3) is 0 Å². The number of phosphoric ester groups is 1. The maximum Gasteiger partial charge on any atom is 0.469 e. The van der Waals surface area contributed by atoms with Crippen LogP contribution in [0.5, 0.6) is 5.75 Å². The number of carboxylic acids is 1. The van der Waals surface area contributed by atoms with Gasteiger partial charge in [0.1, 0.15) is 11.8 Å². The van der Waals surface area contributed by atoms with Crippen molar-refractivity contribution in [3.8, 4) is 5.75 Å². The van der Waals surface area contributed by atoms with Crippen molar-refractivity contribution >= 4 is 43.8 Å². The van der Waals surface area contributed by atoms with Crippen LogP contribution in [0.1, 0.15) is 66.6 Å². The lowest BCUT2D eigenvalue weighted by molar-refractivity contribution is -0.138. The van der Waals surface area contributed by atoms with E-state index in [2.05, 4.69) is 25.5 Å². The first-order valence-electron chi connectivity index (χ1n) is 13.1. The Hall–Kier alpha value is -2.75. The minimum atomic E-state index is -4.61. The Morgan fingerprint density at radius 3 is 2.68 bits per heavy atom. The first-order chi connectivity index (χ1) is 19.3. The molecule has 1 aromatic rings. The van der Waals surface area contributed by atoms with Gasteiger partial charge < -0.3 is 41.7 Å². The molecule has 2 fully saturated rings. The lowest BCUT2D eigenvalue weighted by atomic mass is 10.0. The maximum absolute atomic E-state index is 11.8. The largest absolute Gasteiger partial charge is 0.505 e. The predicted molar refractivity (Wildman–Crippen MR) is 149 cm³/mol. The molecule has 2 aliphatic rings. The van der Waals surface area contributed by atoms with E-state index in [9.17, 15) is 28.8 Å². The molecular weight excluding hydrogens is 581 g/mol. The minimum absolute atomic E-state index is 0.0373. The molecule has 3 heterocycles. The molecular formula is C24H38N5O10PS. The van der Waals surface area contributed by atoms with Crippen LogP contribution in [0.15, 0.2) is 6.20 Å². The van der Waals surface area contributed by atoms with Crippen LogP contribution in [0.3, 0.4) is 0 Å². The molecule has 1 aromatic heterocycles. The number of urea groups is 1. The third-order valence-corrected chi connectivity index (χ3v) is 8.50. The van der Waals surface area contributed by atoms with Gasteiger partial charge in [-0.1, -0.05) is 6.42 Å². The van der Waals surface area contributed by atoms with E-state index in [0.717, 1.165) is 31.4 Å². The Kier molecular flexibility index (Phi) is 14.0. The lowest BCUT2D eigenvalue weighted by Gasteiger charge is -2.16. The number of aromatic nitrogens is 1. The van der Waals surface area contributed by atoms with Crippen molar-refractivity contribution in [2.75, 3.05) is 12.3 Å². The number of pyridine rings is 1. The standard InChI is InChI=1S/C16H28N4O4S.C8H10NO6P/c17-10(15(22)23)5-3-4-8-18-13(21)7-2-1-6-12-14-11(9-25-12)19-16(24)20-14;1-5-8(11)7(3-10)6(2-9-5)4-15-16(12,13)14/h10-12,14H,1-9,17H2,(H,18,21)(H,22,23)(H2,19,20,24);2-3,11H,4H2,1H3,(H2,12,13,14). The lowest BCUT2D eigenvalue weighted by Crippen LogP contribution is -2.36. The third kappa shape index (κ3) is 11.9. The van der Waals surface area contributed by atoms with E-state index in [1.807, 2.05) is 11.8 Å². The van der Waals surface area contributed by atoms with Crippen LogP contribution >= 0.6 is 19.6 Å². The summed E-state index contributed by atoms with van der Waals surface area (Å²) in [6.07, 6.45) is 6.77. The van der Waals surface area contributed by atoms with Crippen LogP contribution in [-0.4, -0.2) is 84.9 Å². The fourth-order valence-corrected chi connectivity index (χ4v) is 6.11. The summed E-state index contributed by atoms with van der Waals surface area (Å²) in [4.78, 5) is 65.1. The van der Waals surface area contributed by atoms with Gasteiger partial charge in [0.2, 0.25) is 5.91 Å². The van der Waals surface area contributed by atoms with Crippen molar-refractivity contribution in [2.24, 2.45) is 5.73 Å². The number of nitrogens with zero attached hydrogens (tertiary/aromatic N) is 1. The molecule has 0 aromatic carbocycles. The topological polar surface area (TPSA) is 250 Å². The monoisotopic (exact) mass is 619 g/mol. The molecule has 3 rings (SSSR count). The van der Waals surface area contributed by atoms with E-state index in [0.29, 0.717) is 37.3 Å². The molecule has 0 bridgehead atoms. The van der Waals surface area contributed by atoms with Crippen LogP contribution in [0.25, 0.3) is 0 Å². The molecule has 15 nitrogen and oxygen atoms in total. The van der Waals surface area contributed by atoms with E-state index in [-0.39, 0.29) is 46.6 Å². The molecule has 0 radical (unpaired) electrons. The normalized spacial score (nSPS) is 20.2. The number of unbranched alkanes of at least 4 members (excludes halogenated alkanes) is 2. The Labute approximate surface area is 241 Å². The Bertz CT molecular complexity index is 1120. The first kappa shape index (κ1) is 34.5. The molecule has 41 heavy (non-hydrogen) atoms. The van der Waals surface area contributed by atoms with Gasteiger partial charge in [0.15, 0.2) is 6.29 Å². The SMILES string of the molecule is Cc1ncc(COP(=O)(O)O)c(C=O)c1O.NC(CCCCNC(=O)CCCCC1SCC2NC(=O)NC21)C(=O)O. The summed E-state index contributed by atoms with van der Waals surface area (Å²) in [7, 11) is -4.61. The number of rotatable bonds is 15. The number of carboxylic acid groups (broad SMARTS) is 1. The average Bonchev–Trinajstić information content (AvgIpc) is 3.46. The number of amides is 3. The van der Waals surface area contributed by atoms with E-state index in [1.54, 1.807) is 0 Å². The fraction of sp³-hybridized carbons (Fsp3) is 0.625. The molecule has 0 saturated carbocycles. The van der Waals surface area contributed by atoms with Gasteiger partial charge in [-0.25, -0.2) is 9.36 Å². The molecule has 9 N–H and O–H groups in total. The van der Waals surface area contributed by atoms with E-state index in [1.165, 1.54) is 13.1 Å². The summed E-state index contributed by atoms with van der Waals surface area (Å²) >= 11 is 1.89. The Balaban J connectivity index is 0.000000317. The second-order valence-corrected chi connectivity index (χ2v) is 12.2. The summed E-state index contributed by atoms with van der Waals surface area (Å²) in [5.74, 6) is -0.305. The van der Waals surface area contributed by atoms with Crippen molar-refractivity contribution in [3.63, 3.8) is 0 Å². The number of aromatic hydroxyl groups is 1. The van der Waals surface area contributed by atoms with Crippen molar-refractivity contribution in [1.29, 1.82) is 0 Å². The summed E-state index contributed by atoms with van der Waals surface area (Å²) in [5, 5.41) is 27.3. The molecule has 0 aliphatic carbocycles. The highest BCUT2D eigenvalue weighted by Gasteiger charge is 2.42. The first-order valence-corrected chi connectivity index (χ1v) is 15.7. The second-order valence-electron chi connectivity index (χ2n) is 9.67. The van der Waals surface area contributed by atoms with Crippen LogP contribution < -0.4 is 21.7 Å². The van der Waals surface area contributed by atoms with E-state index in [4.69, 9.17) is 20.6 Å². The molecule has 2 aliphatic heterocycles. The zero-order valence-electron chi connectivity index (χ0n) is 22.7. The number of nitrogens with two attached hydrogens (primary N) is 1. The van der Waals surface area contributed by atoms with Crippen LogP contribution in [0, 0.1) is 6.92 Å². The maximum atomic E-state index is 11.8.